The van der Waals surface area contributed by atoms with Gasteiger partial charge in [0, 0.05) is 10.6 Å². The monoisotopic (exact) mass is 433 g/mol. The number of carbonyl (C=O) groups is 3. The Morgan fingerprint density at radius 2 is 1.93 bits per heavy atom. The van der Waals surface area contributed by atoms with Crippen molar-refractivity contribution in [3.8, 4) is 11.5 Å². The minimum absolute atomic E-state index is 0.125. The van der Waals surface area contributed by atoms with E-state index in [9.17, 15) is 14.4 Å². The average molecular weight is 434 g/mol. The molecule has 0 aliphatic carbocycles. The van der Waals surface area contributed by atoms with Gasteiger partial charge >= 0.3 is 5.97 Å². The van der Waals surface area contributed by atoms with Crippen LogP contribution in [0.1, 0.15) is 11.1 Å². The Balaban J connectivity index is 1.87. The Hall–Kier alpha value is -2.97. The first-order valence-corrected chi connectivity index (χ1v) is 9.60. The molecular weight excluding hydrogens is 418 g/mol. The van der Waals surface area contributed by atoms with E-state index in [1.54, 1.807) is 42.5 Å². The number of aliphatic carboxylic acids is 1. The number of halogens is 1. The predicted molar refractivity (Wildman–Crippen MR) is 109 cm³/mol. The number of carbonyl (C=O) groups excluding carboxylic acids is 2. The zero-order chi connectivity index (χ0) is 21.0. The summed E-state index contributed by atoms with van der Waals surface area (Å²) in [5.74, 6) is -1.09. The van der Waals surface area contributed by atoms with Gasteiger partial charge in [-0.1, -0.05) is 35.9 Å². The molecule has 7 nitrogen and oxygen atoms in total. The van der Waals surface area contributed by atoms with Crippen LogP contribution in [0.3, 0.4) is 0 Å². The number of amides is 2. The lowest BCUT2D eigenvalue weighted by Crippen LogP contribution is -2.27. The van der Waals surface area contributed by atoms with Crippen molar-refractivity contribution in [2.24, 2.45) is 0 Å². The van der Waals surface area contributed by atoms with Gasteiger partial charge < -0.3 is 14.6 Å². The second kappa shape index (κ2) is 9.02. The summed E-state index contributed by atoms with van der Waals surface area (Å²) >= 11 is 6.67. The third-order valence-corrected chi connectivity index (χ3v) is 5.14. The summed E-state index contributed by atoms with van der Waals surface area (Å²) in [6.45, 7) is -0.446. The van der Waals surface area contributed by atoms with Crippen molar-refractivity contribution < 1.29 is 29.0 Å². The number of imide groups is 1. The lowest BCUT2D eigenvalue weighted by Gasteiger charge is -2.13. The Labute approximate surface area is 175 Å². The fourth-order valence-corrected chi connectivity index (χ4v) is 3.60. The molecule has 2 amide bonds. The number of thioether (sulfide) groups is 1. The lowest BCUT2D eigenvalue weighted by molar-refractivity contribution is -0.139. The fraction of sp³-hybridized carbons (Fsp3) is 0.150. The smallest absolute Gasteiger partial charge is 0.341 e. The molecule has 0 aromatic heterocycles. The van der Waals surface area contributed by atoms with Crippen molar-refractivity contribution in [1.82, 2.24) is 4.90 Å². The normalized spacial score (nSPS) is 15.1. The summed E-state index contributed by atoms with van der Waals surface area (Å²) in [5, 5.41) is 9.05. The highest BCUT2D eigenvalue weighted by atomic mass is 35.5. The summed E-state index contributed by atoms with van der Waals surface area (Å²) in [7, 11) is 1.42. The number of para-hydroxylation sites is 1. The van der Waals surface area contributed by atoms with E-state index in [0.717, 1.165) is 22.2 Å². The van der Waals surface area contributed by atoms with Crippen molar-refractivity contribution in [2.75, 3.05) is 13.7 Å². The van der Waals surface area contributed by atoms with Crippen LogP contribution in [0, 0.1) is 0 Å². The zero-order valence-corrected chi connectivity index (χ0v) is 16.8. The Morgan fingerprint density at radius 3 is 2.59 bits per heavy atom. The number of carboxylic acids is 1. The van der Waals surface area contributed by atoms with E-state index in [2.05, 4.69) is 0 Å². The van der Waals surface area contributed by atoms with Crippen LogP contribution in [0.25, 0.3) is 6.08 Å². The minimum Gasteiger partial charge on any atom is -0.493 e. The van der Waals surface area contributed by atoms with Gasteiger partial charge in [0.1, 0.15) is 0 Å². The van der Waals surface area contributed by atoms with Gasteiger partial charge in [-0.3, -0.25) is 14.5 Å². The highest BCUT2D eigenvalue weighted by Crippen LogP contribution is 2.37. The van der Waals surface area contributed by atoms with Crippen LogP contribution < -0.4 is 9.47 Å². The predicted octanol–water partition coefficient (Wildman–Crippen LogP) is 4.05. The van der Waals surface area contributed by atoms with E-state index in [-0.39, 0.29) is 17.2 Å². The molecule has 0 bridgehead atoms. The first-order valence-electron chi connectivity index (χ1n) is 8.40. The summed E-state index contributed by atoms with van der Waals surface area (Å²) < 4.78 is 10.5. The fourth-order valence-electron chi connectivity index (χ4n) is 2.65. The largest absolute Gasteiger partial charge is 0.493 e. The minimum atomic E-state index is -1.15. The van der Waals surface area contributed by atoms with Crippen molar-refractivity contribution in [2.45, 2.75) is 6.54 Å². The number of rotatable bonds is 7. The van der Waals surface area contributed by atoms with Crippen molar-refractivity contribution in [1.29, 1.82) is 0 Å². The number of methoxy groups -OCH3 is 1. The molecule has 9 heteroatoms. The van der Waals surface area contributed by atoms with Crippen LogP contribution in [0.4, 0.5) is 4.79 Å². The van der Waals surface area contributed by atoms with Crippen LogP contribution in [0.15, 0.2) is 47.4 Å². The van der Waals surface area contributed by atoms with Crippen LogP contribution in [-0.2, 0) is 16.1 Å². The van der Waals surface area contributed by atoms with Gasteiger partial charge in [0.05, 0.1) is 18.6 Å². The standard InChI is InChI=1S/C20H16ClNO6S/c1-27-15-4-2-3-13(18(15)28-11-17(23)24)9-16-19(25)22(20(26)29-16)10-12-5-7-14(21)8-6-12/h2-9H,10-11H2,1H3,(H,23,24)/b16-9+. The van der Waals surface area contributed by atoms with E-state index in [4.69, 9.17) is 26.2 Å². The SMILES string of the molecule is COc1cccc(/C=C2/SC(=O)N(Cc3ccc(Cl)cc3)C2=O)c1OCC(=O)O. The molecule has 1 N–H and O–H groups in total. The third-order valence-electron chi connectivity index (χ3n) is 3.98. The number of benzene rings is 2. The van der Waals surface area contributed by atoms with E-state index in [1.165, 1.54) is 13.2 Å². The van der Waals surface area contributed by atoms with Crippen molar-refractivity contribution in [3.05, 3.63) is 63.5 Å². The maximum absolute atomic E-state index is 12.7. The van der Waals surface area contributed by atoms with Gasteiger partial charge in [-0.15, -0.1) is 0 Å². The van der Waals surface area contributed by atoms with Crippen LogP contribution in [-0.4, -0.2) is 40.8 Å². The van der Waals surface area contributed by atoms with E-state index in [1.807, 2.05) is 0 Å². The molecule has 0 atom stereocenters. The molecule has 1 aliphatic heterocycles. The highest BCUT2D eigenvalue weighted by Gasteiger charge is 2.35. The van der Waals surface area contributed by atoms with Crippen LogP contribution in [0.2, 0.25) is 5.02 Å². The van der Waals surface area contributed by atoms with E-state index < -0.39 is 23.7 Å². The highest BCUT2D eigenvalue weighted by molar-refractivity contribution is 8.18. The second-order valence-electron chi connectivity index (χ2n) is 5.96. The molecule has 150 valence electrons. The summed E-state index contributed by atoms with van der Waals surface area (Å²) in [4.78, 5) is 37.3. The molecule has 1 aliphatic rings. The molecule has 3 rings (SSSR count). The van der Waals surface area contributed by atoms with E-state index in [0.29, 0.717) is 16.3 Å². The second-order valence-corrected chi connectivity index (χ2v) is 7.38. The number of carboxylic acid groups (broad SMARTS) is 1. The molecule has 0 spiro atoms. The first-order chi connectivity index (χ1) is 13.9. The molecule has 0 radical (unpaired) electrons. The molecule has 29 heavy (non-hydrogen) atoms. The Morgan fingerprint density at radius 1 is 1.21 bits per heavy atom. The third kappa shape index (κ3) is 4.90. The maximum Gasteiger partial charge on any atom is 0.341 e. The van der Waals surface area contributed by atoms with Gasteiger partial charge in [-0.2, -0.15) is 0 Å². The van der Waals surface area contributed by atoms with Gasteiger partial charge in [-0.05, 0) is 41.6 Å². The maximum atomic E-state index is 12.7. The van der Waals surface area contributed by atoms with Crippen LogP contribution >= 0.6 is 23.4 Å². The zero-order valence-electron chi connectivity index (χ0n) is 15.3. The molecule has 1 heterocycles. The first kappa shape index (κ1) is 20.8. The Kier molecular flexibility index (Phi) is 6.46. The molecule has 1 saturated heterocycles. The molecule has 2 aromatic rings. The topological polar surface area (TPSA) is 93.1 Å². The van der Waals surface area contributed by atoms with E-state index >= 15 is 0 Å². The van der Waals surface area contributed by atoms with Crippen molar-refractivity contribution in [3.63, 3.8) is 0 Å². The number of hydrogen-bond acceptors (Lipinski definition) is 6. The summed E-state index contributed by atoms with van der Waals surface area (Å²) in [6, 6.07) is 11.8. The molecule has 0 saturated carbocycles. The number of ether oxygens (including phenoxy) is 2. The molecule has 0 unspecified atom stereocenters. The van der Waals surface area contributed by atoms with Crippen molar-refractivity contribution >= 4 is 46.6 Å². The van der Waals surface area contributed by atoms with Gasteiger partial charge in [-0.25, -0.2) is 4.79 Å². The van der Waals surface area contributed by atoms with Gasteiger partial charge in [0.25, 0.3) is 11.1 Å². The quantitative estimate of drug-likeness (QED) is 0.658. The Bertz CT molecular complexity index is 989. The summed E-state index contributed by atoms with van der Waals surface area (Å²) in [6.07, 6.45) is 1.49. The molecule has 1 fully saturated rings. The number of nitrogens with zero attached hydrogens (tertiary/aromatic N) is 1. The molecular formula is C20H16ClNO6S. The lowest BCUT2D eigenvalue weighted by atomic mass is 10.1. The van der Waals surface area contributed by atoms with Gasteiger partial charge in [0.15, 0.2) is 18.1 Å². The summed E-state index contributed by atoms with van der Waals surface area (Å²) in [5.41, 5.74) is 1.20. The van der Waals surface area contributed by atoms with Gasteiger partial charge in [0.2, 0.25) is 0 Å². The average Bonchev–Trinajstić information content (AvgIpc) is 2.95. The molecule has 2 aromatic carbocycles. The number of hydrogen-bond donors (Lipinski definition) is 1. The van der Waals surface area contributed by atoms with Crippen LogP contribution in [0.5, 0.6) is 11.5 Å².